The summed E-state index contributed by atoms with van der Waals surface area (Å²) in [5.41, 5.74) is 5.66. The SMILES string of the molecule is Cc1nn(Cc2ccccc2)c(Cl)c1C(=O)Nc1ccc2c(c1)CCC2. The molecule has 1 aromatic heterocycles. The number of nitrogens with zero attached hydrogens (tertiary/aromatic N) is 2. The van der Waals surface area contributed by atoms with Crippen LogP contribution in [0, 0.1) is 6.92 Å². The average Bonchev–Trinajstić information content (AvgIpc) is 3.20. The lowest BCUT2D eigenvalue weighted by molar-refractivity contribution is 0.102. The van der Waals surface area contributed by atoms with Gasteiger partial charge in [-0.25, -0.2) is 4.68 Å². The molecular weight excluding hydrogens is 346 g/mol. The van der Waals surface area contributed by atoms with Gasteiger partial charge >= 0.3 is 0 Å². The van der Waals surface area contributed by atoms with Gasteiger partial charge in [0.25, 0.3) is 5.91 Å². The van der Waals surface area contributed by atoms with E-state index in [2.05, 4.69) is 22.5 Å². The zero-order valence-electron chi connectivity index (χ0n) is 14.6. The molecule has 5 heteroatoms. The lowest BCUT2D eigenvalue weighted by Crippen LogP contribution is -2.13. The Hall–Kier alpha value is -2.59. The average molecular weight is 366 g/mol. The Labute approximate surface area is 157 Å². The van der Waals surface area contributed by atoms with Crippen LogP contribution in [0.15, 0.2) is 48.5 Å². The molecule has 1 aliphatic rings. The smallest absolute Gasteiger partial charge is 0.260 e. The van der Waals surface area contributed by atoms with Crippen LogP contribution in [-0.2, 0) is 19.4 Å². The van der Waals surface area contributed by atoms with Crippen LogP contribution in [0.3, 0.4) is 0 Å². The van der Waals surface area contributed by atoms with Crippen LogP contribution in [0.25, 0.3) is 0 Å². The van der Waals surface area contributed by atoms with Crippen LogP contribution >= 0.6 is 11.6 Å². The molecule has 0 fully saturated rings. The minimum atomic E-state index is -0.218. The van der Waals surface area contributed by atoms with E-state index in [9.17, 15) is 4.79 Å². The zero-order valence-corrected chi connectivity index (χ0v) is 15.4. The highest BCUT2D eigenvalue weighted by Crippen LogP contribution is 2.26. The molecule has 0 atom stereocenters. The van der Waals surface area contributed by atoms with Gasteiger partial charge in [0.05, 0.1) is 17.8 Å². The molecule has 132 valence electrons. The molecule has 0 saturated carbocycles. The summed E-state index contributed by atoms with van der Waals surface area (Å²) < 4.78 is 1.67. The standard InChI is InChI=1S/C21H20ClN3O/c1-14-19(20(22)25(24-14)13-15-6-3-2-4-7-15)21(26)23-18-11-10-16-8-5-9-17(16)12-18/h2-4,6-7,10-12H,5,8-9,13H2,1H3,(H,23,26). The number of amides is 1. The van der Waals surface area contributed by atoms with Crippen LogP contribution in [0.5, 0.6) is 0 Å². The van der Waals surface area contributed by atoms with Crippen molar-refractivity contribution in [3.8, 4) is 0 Å². The molecule has 0 spiro atoms. The second-order valence-corrected chi connectivity index (χ2v) is 7.04. The molecule has 1 aliphatic carbocycles. The first kappa shape index (κ1) is 16.9. The summed E-state index contributed by atoms with van der Waals surface area (Å²) in [6.45, 7) is 2.34. The molecule has 1 amide bonds. The van der Waals surface area contributed by atoms with E-state index in [4.69, 9.17) is 11.6 Å². The predicted octanol–water partition coefficient (Wildman–Crippen LogP) is 4.63. The fourth-order valence-electron chi connectivity index (χ4n) is 3.52. The topological polar surface area (TPSA) is 46.9 Å². The van der Waals surface area contributed by atoms with Crippen molar-refractivity contribution in [3.05, 3.63) is 81.6 Å². The number of halogens is 1. The van der Waals surface area contributed by atoms with Gasteiger partial charge in [-0.2, -0.15) is 5.10 Å². The normalized spacial score (nSPS) is 12.8. The summed E-state index contributed by atoms with van der Waals surface area (Å²) >= 11 is 6.47. The molecule has 0 aliphatic heterocycles. The van der Waals surface area contributed by atoms with E-state index in [0.717, 1.165) is 24.1 Å². The van der Waals surface area contributed by atoms with Gasteiger partial charge in [0.15, 0.2) is 0 Å². The molecule has 0 radical (unpaired) electrons. The monoisotopic (exact) mass is 365 g/mol. The van der Waals surface area contributed by atoms with Gasteiger partial charge in [0.2, 0.25) is 0 Å². The summed E-state index contributed by atoms with van der Waals surface area (Å²) in [5, 5.41) is 7.79. The van der Waals surface area contributed by atoms with E-state index in [1.165, 1.54) is 17.5 Å². The molecule has 4 nitrogen and oxygen atoms in total. The van der Waals surface area contributed by atoms with Crippen molar-refractivity contribution in [2.75, 3.05) is 5.32 Å². The first-order valence-corrected chi connectivity index (χ1v) is 9.19. The number of aromatic nitrogens is 2. The number of rotatable bonds is 4. The third kappa shape index (κ3) is 3.25. The number of carbonyl (C=O) groups is 1. The Bertz CT molecular complexity index is 963. The predicted molar refractivity (Wildman–Crippen MR) is 104 cm³/mol. The Morgan fingerprint density at radius 3 is 2.73 bits per heavy atom. The molecule has 0 bridgehead atoms. The number of fused-ring (bicyclic) bond motifs is 1. The third-order valence-corrected chi connectivity index (χ3v) is 5.21. The largest absolute Gasteiger partial charge is 0.322 e. The van der Waals surface area contributed by atoms with Crippen molar-refractivity contribution < 1.29 is 4.79 Å². The maximum Gasteiger partial charge on any atom is 0.260 e. The van der Waals surface area contributed by atoms with Crippen LogP contribution < -0.4 is 5.32 Å². The number of anilines is 1. The number of benzene rings is 2. The molecule has 1 N–H and O–H groups in total. The third-order valence-electron chi connectivity index (χ3n) is 4.82. The van der Waals surface area contributed by atoms with Crippen molar-refractivity contribution in [3.63, 3.8) is 0 Å². The lowest BCUT2D eigenvalue weighted by Gasteiger charge is -2.08. The summed E-state index contributed by atoms with van der Waals surface area (Å²) in [5.74, 6) is -0.218. The molecule has 2 aromatic carbocycles. The van der Waals surface area contributed by atoms with Crippen LogP contribution in [0.1, 0.15) is 39.2 Å². The minimum absolute atomic E-state index is 0.218. The number of carbonyl (C=O) groups excluding carboxylic acids is 1. The first-order valence-electron chi connectivity index (χ1n) is 8.82. The number of nitrogens with one attached hydrogen (secondary N) is 1. The number of aryl methyl sites for hydroxylation is 3. The van der Waals surface area contributed by atoms with E-state index in [1.54, 1.807) is 4.68 Å². The van der Waals surface area contributed by atoms with Gasteiger partial charge in [-0.05, 0) is 55.0 Å². The van der Waals surface area contributed by atoms with E-state index >= 15 is 0 Å². The Morgan fingerprint density at radius 1 is 1.15 bits per heavy atom. The van der Waals surface area contributed by atoms with E-state index in [1.807, 2.05) is 43.3 Å². The molecule has 26 heavy (non-hydrogen) atoms. The quantitative estimate of drug-likeness (QED) is 0.732. The minimum Gasteiger partial charge on any atom is -0.322 e. The lowest BCUT2D eigenvalue weighted by atomic mass is 10.1. The van der Waals surface area contributed by atoms with E-state index in [-0.39, 0.29) is 5.91 Å². The fraction of sp³-hybridized carbons (Fsp3) is 0.238. The zero-order chi connectivity index (χ0) is 18.1. The van der Waals surface area contributed by atoms with Gasteiger partial charge in [-0.3, -0.25) is 4.79 Å². The van der Waals surface area contributed by atoms with Crippen molar-refractivity contribution in [2.24, 2.45) is 0 Å². The van der Waals surface area contributed by atoms with Gasteiger partial charge in [0.1, 0.15) is 5.15 Å². The van der Waals surface area contributed by atoms with Crippen LogP contribution in [0.4, 0.5) is 5.69 Å². The fourth-order valence-corrected chi connectivity index (χ4v) is 3.84. The molecule has 1 heterocycles. The highest BCUT2D eigenvalue weighted by molar-refractivity contribution is 6.33. The van der Waals surface area contributed by atoms with E-state index < -0.39 is 0 Å². The summed E-state index contributed by atoms with van der Waals surface area (Å²) in [4.78, 5) is 12.8. The van der Waals surface area contributed by atoms with Gasteiger partial charge in [-0.15, -0.1) is 0 Å². The Balaban J connectivity index is 1.56. The second-order valence-electron chi connectivity index (χ2n) is 6.69. The second kappa shape index (κ2) is 6.96. The first-order chi connectivity index (χ1) is 12.6. The Morgan fingerprint density at radius 2 is 1.92 bits per heavy atom. The highest BCUT2D eigenvalue weighted by Gasteiger charge is 2.21. The summed E-state index contributed by atoms with van der Waals surface area (Å²) in [6.07, 6.45) is 3.39. The molecule has 4 rings (SSSR count). The molecule has 3 aromatic rings. The molecule has 0 saturated heterocycles. The van der Waals surface area contributed by atoms with Crippen molar-refractivity contribution in [2.45, 2.75) is 32.7 Å². The molecular formula is C21H20ClN3O. The molecule has 0 unspecified atom stereocenters. The van der Waals surface area contributed by atoms with Crippen LogP contribution in [-0.4, -0.2) is 15.7 Å². The summed E-state index contributed by atoms with van der Waals surface area (Å²) in [6, 6.07) is 16.1. The Kier molecular flexibility index (Phi) is 4.51. The summed E-state index contributed by atoms with van der Waals surface area (Å²) in [7, 11) is 0. The number of hydrogen-bond acceptors (Lipinski definition) is 2. The van der Waals surface area contributed by atoms with Crippen molar-refractivity contribution >= 4 is 23.2 Å². The maximum atomic E-state index is 12.8. The maximum absolute atomic E-state index is 12.8. The van der Waals surface area contributed by atoms with Crippen LogP contribution in [0.2, 0.25) is 5.15 Å². The van der Waals surface area contributed by atoms with Crippen molar-refractivity contribution in [1.29, 1.82) is 0 Å². The van der Waals surface area contributed by atoms with Gasteiger partial charge in [-0.1, -0.05) is 48.0 Å². The van der Waals surface area contributed by atoms with E-state index in [0.29, 0.717) is 23.0 Å². The van der Waals surface area contributed by atoms with Gasteiger partial charge in [0, 0.05) is 5.69 Å². The van der Waals surface area contributed by atoms with Gasteiger partial charge < -0.3 is 5.32 Å². The highest BCUT2D eigenvalue weighted by atomic mass is 35.5. The number of hydrogen-bond donors (Lipinski definition) is 1. The van der Waals surface area contributed by atoms with Crippen molar-refractivity contribution in [1.82, 2.24) is 9.78 Å².